The number of carbonyl (C=O) groups is 1. The highest BCUT2D eigenvalue weighted by atomic mass is 32.1. The molecule has 3 rings (SSSR count). The lowest BCUT2D eigenvalue weighted by Gasteiger charge is -2.41. The molecule has 0 amide bonds. The zero-order chi connectivity index (χ0) is 20.1. The fourth-order valence-electron chi connectivity index (χ4n) is 3.86. The predicted octanol–water partition coefficient (Wildman–Crippen LogP) is 4.52. The molecule has 6 heteroatoms. The van der Waals surface area contributed by atoms with Crippen molar-refractivity contribution >= 4 is 23.1 Å². The maximum Gasteiger partial charge on any atom is 0.173 e. The van der Waals surface area contributed by atoms with E-state index in [2.05, 4.69) is 24.1 Å². The monoisotopic (exact) mass is 402 g/mol. The second kappa shape index (κ2) is 9.41. The fraction of sp³-hybridized carbons (Fsp3) is 0.545. The molecule has 1 atom stereocenters. The number of nitrogens with zero attached hydrogens (tertiary/aromatic N) is 1. The summed E-state index contributed by atoms with van der Waals surface area (Å²) in [5.41, 5.74) is 2.93. The number of rotatable bonds is 8. The molecule has 1 N–H and O–H groups in total. The zero-order valence-corrected chi connectivity index (χ0v) is 17.9. The van der Waals surface area contributed by atoms with Crippen LogP contribution in [0.1, 0.15) is 64.5 Å². The van der Waals surface area contributed by atoms with Crippen molar-refractivity contribution < 1.29 is 14.3 Å². The lowest BCUT2D eigenvalue weighted by Crippen LogP contribution is -2.49. The second-order valence-corrected chi connectivity index (χ2v) is 7.55. The molecule has 1 aromatic rings. The van der Waals surface area contributed by atoms with Gasteiger partial charge in [-0.3, -0.25) is 4.79 Å². The minimum atomic E-state index is -0.233. The predicted molar refractivity (Wildman–Crippen MR) is 115 cm³/mol. The molecule has 0 aromatic heterocycles. The van der Waals surface area contributed by atoms with Crippen LogP contribution in [0.5, 0.6) is 11.5 Å². The van der Waals surface area contributed by atoms with Crippen LogP contribution >= 0.6 is 12.2 Å². The number of thiocarbonyl (C=S) groups is 1. The third-order valence-corrected chi connectivity index (χ3v) is 5.40. The Kier molecular flexibility index (Phi) is 6.94. The first-order chi connectivity index (χ1) is 13.6. The Morgan fingerprint density at radius 2 is 1.96 bits per heavy atom. The third kappa shape index (κ3) is 4.17. The molecule has 28 heavy (non-hydrogen) atoms. The SMILES string of the molecule is CCCOc1ccc(C2NC(=S)N(CCC)C3=C2C(=O)CCC3)cc1OCC. The van der Waals surface area contributed by atoms with Gasteiger partial charge in [0.25, 0.3) is 0 Å². The Bertz CT molecular complexity index is 775. The van der Waals surface area contributed by atoms with Gasteiger partial charge >= 0.3 is 0 Å². The number of ketones is 1. The zero-order valence-electron chi connectivity index (χ0n) is 17.0. The molecular formula is C22H30N2O3S. The van der Waals surface area contributed by atoms with E-state index in [-0.39, 0.29) is 11.8 Å². The van der Waals surface area contributed by atoms with E-state index in [4.69, 9.17) is 21.7 Å². The van der Waals surface area contributed by atoms with Crippen LogP contribution < -0.4 is 14.8 Å². The highest BCUT2D eigenvalue weighted by molar-refractivity contribution is 7.80. The summed E-state index contributed by atoms with van der Waals surface area (Å²) in [6.45, 7) is 8.19. The molecule has 0 saturated carbocycles. The minimum absolute atomic E-state index is 0.214. The van der Waals surface area contributed by atoms with Crippen molar-refractivity contribution in [3.8, 4) is 11.5 Å². The number of hydrogen-bond acceptors (Lipinski definition) is 4. The third-order valence-electron chi connectivity index (χ3n) is 5.07. The highest BCUT2D eigenvalue weighted by Crippen LogP contribution is 2.39. The second-order valence-electron chi connectivity index (χ2n) is 7.16. The van der Waals surface area contributed by atoms with Gasteiger partial charge in [-0.2, -0.15) is 0 Å². The summed E-state index contributed by atoms with van der Waals surface area (Å²) in [7, 11) is 0. The van der Waals surface area contributed by atoms with Crippen LogP contribution in [0.15, 0.2) is 29.5 Å². The van der Waals surface area contributed by atoms with E-state index in [1.165, 1.54) is 0 Å². The van der Waals surface area contributed by atoms with E-state index in [9.17, 15) is 4.79 Å². The van der Waals surface area contributed by atoms with E-state index in [0.717, 1.165) is 54.8 Å². The summed E-state index contributed by atoms with van der Waals surface area (Å²) in [4.78, 5) is 15.0. The molecular weight excluding hydrogens is 372 g/mol. The van der Waals surface area contributed by atoms with Gasteiger partial charge in [-0.25, -0.2) is 0 Å². The number of carbonyl (C=O) groups excluding carboxylic acids is 1. The smallest absolute Gasteiger partial charge is 0.173 e. The van der Waals surface area contributed by atoms with Crippen LogP contribution in [-0.2, 0) is 4.79 Å². The Morgan fingerprint density at radius 3 is 2.68 bits per heavy atom. The van der Waals surface area contributed by atoms with Crippen molar-refractivity contribution in [1.29, 1.82) is 0 Å². The first-order valence-corrected chi connectivity index (χ1v) is 10.7. The van der Waals surface area contributed by atoms with Gasteiger partial charge < -0.3 is 19.7 Å². The number of hydrogen-bond donors (Lipinski definition) is 1. The van der Waals surface area contributed by atoms with Crippen LogP contribution in [-0.4, -0.2) is 35.6 Å². The lowest BCUT2D eigenvalue weighted by atomic mass is 9.84. The fourth-order valence-corrected chi connectivity index (χ4v) is 4.18. The van der Waals surface area contributed by atoms with Crippen LogP contribution in [0.4, 0.5) is 0 Å². The number of ether oxygens (including phenoxy) is 2. The summed E-state index contributed by atoms with van der Waals surface area (Å²) in [5.74, 6) is 1.66. The van der Waals surface area contributed by atoms with Gasteiger partial charge in [0, 0.05) is 24.2 Å². The number of allylic oxidation sites excluding steroid dienone is 1. The van der Waals surface area contributed by atoms with Gasteiger partial charge in [-0.1, -0.05) is 19.9 Å². The van der Waals surface area contributed by atoms with Crippen molar-refractivity contribution in [3.63, 3.8) is 0 Å². The summed E-state index contributed by atoms with van der Waals surface area (Å²) < 4.78 is 11.6. The summed E-state index contributed by atoms with van der Waals surface area (Å²) >= 11 is 5.66. The van der Waals surface area contributed by atoms with Crippen LogP contribution in [0, 0.1) is 0 Å². The van der Waals surface area contributed by atoms with E-state index < -0.39 is 0 Å². The molecule has 1 heterocycles. The molecule has 0 saturated heterocycles. The largest absolute Gasteiger partial charge is 0.490 e. The van der Waals surface area contributed by atoms with E-state index in [1.54, 1.807) is 0 Å². The van der Waals surface area contributed by atoms with E-state index in [1.807, 2.05) is 25.1 Å². The maximum atomic E-state index is 12.9. The maximum absolute atomic E-state index is 12.9. The van der Waals surface area contributed by atoms with E-state index in [0.29, 0.717) is 30.5 Å². The number of benzene rings is 1. The number of nitrogens with one attached hydrogen (secondary N) is 1. The van der Waals surface area contributed by atoms with Crippen molar-refractivity contribution in [1.82, 2.24) is 10.2 Å². The van der Waals surface area contributed by atoms with E-state index >= 15 is 0 Å². The molecule has 0 spiro atoms. The molecule has 1 aromatic carbocycles. The van der Waals surface area contributed by atoms with Crippen LogP contribution in [0.25, 0.3) is 0 Å². The molecule has 1 aliphatic carbocycles. The molecule has 152 valence electrons. The average molecular weight is 403 g/mol. The molecule has 1 aliphatic heterocycles. The molecule has 0 fully saturated rings. The standard InChI is InChI=1S/C22H30N2O3S/c1-4-12-24-16-8-7-9-17(25)20(16)21(23-22(24)28)15-10-11-18(27-13-5-2)19(14-15)26-6-3/h10-11,14,21H,4-9,12-13H2,1-3H3,(H,23,28). The topological polar surface area (TPSA) is 50.8 Å². The van der Waals surface area contributed by atoms with Gasteiger partial charge in [0.2, 0.25) is 0 Å². The quantitative estimate of drug-likeness (QED) is 0.645. The van der Waals surface area contributed by atoms with Crippen molar-refractivity contribution in [2.75, 3.05) is 19.8 Å². The van der Waals surface area contributed by atoms with Crippen LogP contribution in [0.3, 0.4) is 0 Å². The molecule has 0 bridgehead atoms. The Balaban J connectivity index is 2.01. The first-order valence-electron chi connectivity index (χ1n) is 10.3. The summed E-state index contributed by atoms with van der Waals surface area (Å²) in [6.07, 6.45) is 4.30. The number of Topliss-reactive ketones (excluding diaryl/α,β-unsaturated/α-hetero) is 1. The Hall–Kier alpha value is -2.08. The van der Waals surface area contributed by atoms with Gasteiger partial charge in [0.15, 0.2) is 22.4 Å². The first kappa shape index (κ1) is 20.6. The lowest BCUT2D eigenvalue weighted by molar-refractivity contribution is -0.116. The molecule has 2 aliphatic rings. The summed E-state index contributed by atoms with van der Waals surface area (Å²) in [6, 6.07) is 5.70. The van der Waals surface area contributed by atoms with Crippen molar-refractivity contribution in [3.05, 3.63) is 35.0 Å². The van der Waals surface area contributed by atoms with Gasteiger partial charge in [-0.05, 0) is 62.5 Å². The van der Waals surface area contributed by atoms with Crippen molar-refractivity contribution in [2.24, 2.45) is 0 Å². The van der Waals surface area contributed by atoms with Crippen molar-refractivity contribution in [2.45, 2.75) is 58.9 Å². The highest BCUT2D eigenvalue weighted by Gasteiger charge is 2.37. The Labute approximate surface area is 173 Å². The van der Waals surface area contributed by atoms with Gasteiger partial charge in [0.05, 0.1) is 19.3 Å². The van der Waals surface area contributed by atoms with Crippen LogP contribution in [0.2, 0.25) is 0 Å². The van der Waals surface area contributed by atoms with Gasteiger partial charge in [0.1, 0.15) is 0 Å². The molecule has 1 unspecified atom stereocenters. The minimum Gasteiger partial charge on any atom is -0.490 e. The molecule has 5 nitrogen and oxygen atoms in total. The summed E-state index contributed by atoms with van der Waals surface area (Å²) in [5, 5.41) is 4.11. The average Bonchev–Trinajstić information content (AvgIpc) is 2.69. The van der Waals surface area contributed by atoms with Gasteiger partial charge in [-0.15, -0.1) is 0 Å². The normalized spacial score (nSPS) is 19.4. The Morgan fingerprint density at radius 1 is 1.14 bits per heavy atom. The molecule has 0 radical (unpaired) electrons.